The van der Waals surface area contributed by atoms with Crippen LogP contribution in [-0.2, 0) is 9.53 Å². The van der Waals surface area contributed by atoms with Gasteiger partial charge in [-0.05, 0) is 44.2 Å². The lowest BCUT2D eigenvalue weighted by atomic mass is 10.3. The van der Waals surface area contributed by atoms with Crippen LogP contribution in [0.25, 0.3) is 0 Å². The number of nitro groups is 1. The van der Waals surface area contributed by atoms with Crippen LogP contribution in [0.3, 0.4) is 0 Å². The number of carbonyl (C=O) groups excluding carboxylic acids is 1. The van der Waals surface area contributed by atoms with Crippen LogP contribution in [0.5, 0.6) is 0 Å². The Kier molecular flexibility index (Phi) is 6.85. The molecule has 6 nitrogen and oxygen atoms in total. The first kappa shape index (κ1) is 17.7. The predicted molar refractivity (Wildman–Crippen MR) is 89.6 cm³/mol. The predicted octanol–water partition coefficient (Wildman–Crippen LogP) is 3.01. The molecule has 1 atom stereocenters. The summed E-state index contributed by atoms with van der Waals surface area (Å²) < 4.78 is 5.51. The molecule has 0 radical (unpaired) electrons. The van der Waals surface area contributed by atoms with Gasteiger partial charge in [0.1, 0.15) is 0 Å². The van der Waals surface area contributed by atoms with Crippen molar-refractivity contribution in [2.75, 3.05) is 19.8 Å². The van der Waals surface area contributed by atoms with Crippen LogP contribution >= 0.6 is 11.8 Å². The lowest BCUT2D eigenvalue weighted by molar-refractivity contribution is -0.384. The summed E-state index contributed by atoms with van der Waals surface area (Å²) in [5.41, 5.74) is 0.0534. The monoisotopic (exact) mass is 338 g/mol. The van der Waals surface area contributed by atoms with E-state index in [9.17, 15) is 14.9 Å². The summed E-state index contributed by atoms with van der Waals surface area (Å²) in [6.45, 7) is 3.96. The largest absolute Gasteiger partial charge is 0.381 e. The van der Waals surface area contributed by atoms with Crippen LogP contribution in [0.4, 0.5) is 5.69 Å². The van der Waals surface area contributed by atoms with Crippen molar-refractivity contribution in [1.29, 1.82) is 0 Å². The first-order valence-corrected chi connectivity index (χ1v) is 8.71. The second kappa shape index (κ2) is 8.88. The van der Waals surface area contributed by atoms with E-state index < -0.39 is 4.92 Å². The highest BCUT2D eigenvalue weighted by molar-refractivity contribution is 8.00. The molecule has 1 aliphatic rings. The zero-order chi connectivity index (χ0) is 16.7. The highest BCUT2D eigenvalue weighted by Crippen LogP contribution is 2.28. The molecule has 1 aromatic rings. The number of hydrogen-bond donors (Lipinski definition) is 1. The van der Waals surface area contributed by atoms with Crippen molar-refractivity contribution in [3.05, 3.63) is 34.4 Å². The molecule has 7 heteroatoms. The zero-order valence-electron chi connectivity index (χ0n) is 13.2. The third-order valence-electron chi connectivity index (χ3n) is 3.54. The SMILES string of the molecule is CC(Sc1ccc([N+](=O)[O-])cc1)C(=O)NCCCOCC1CC1. The maximum atomic E-state index is 12.0. The van der Waals surface area contributed by atoms with Gasteiger partial charge in [-0.2, -0.15) is 0 Å². The van der Waals surface area contributed by atoms with Gasteiger partial charge in [0.15, 0.2) is 0 Å². The van der Waals surface area contributed by atoms with E-state index in [-0.39, 0.29) is 16.8 Å². The number of ether oxygens (including phenoxy) is 1. The summed E-state index contributed by atoms with van der Waals surface area (Å²) in [5.74, 6) is 0.734. The van der Waals surface area contributed by atoms with Crippen molar-refractivity contribution in [3.63, 3.8) is 0 Å². The second-order valence-corrected chi connectivity index (χ2v) is 7.09. The number of rotatable bonds is 10. The van der Waals surface area contributed by atoms with Gasteiger partial charge in [-0.25, -0.2) is 0 Å². The van der Waals surface area contributed by atoms with Crippen LogP contribution in [0.15, 0.2) is 29.2 Å². The smallest absolute Gasteiger partial charge is 0.269 e. The van der Waals surface area contributed by atoms with Crippen molar-refractivity contribution < 1.29 is 14.5 Å². The molecule has 0 aromatic heterocycles. The Morgan fingerprint density at radius 3 is 2.74 bits per heavy atom. The molecule has 2 rings (SSSR count). The summed E-state index contributed by atoms with van der Waals surface area (Å²) in [4.78, 5) is 23.0. The average molecular weight is 338 g/mol. The Labute approximate surface area is 140 Å². The molecule has 0 heterocycles. The quantitative estimate of drug-likeness (QED) is 0.307. The van der Waals surface area contributed by atoms with E-state index in [1.165, 1.54) is 36.7 Å². The van der Waals surface area contributed by atoms with E-state index in [0.717, 1.165) is 23.8 Å². The van der Waals surface area contributed by atoms with Gasteiger partial charge in [0, 0.05) is 36.8 Å². The minimum atomic E-state index is -0.435. The van der Waals surface area contributed by atoms with Crippen LogP contribution in [0.1, 0.15) is 26.2 Å². The summed E-state index contributed by atoms with van der Waals surface area (Å²) in [6.07, 6.45) is 3.38. The number of nitrogens with zero attached hydrogens (tertiary/aromatic N) is 1. The minimum absolute atomic E-state index is 0.0319. The van der Waals surface area contributed by atoms with Gasteiger partial charge >= 0.3 is 0 Å². The normalized spacial score (nSPS) is 15.2. The molecule has 1 aliphatic carbocycles. The Bertz CT molecular complexity index is 531. The fourth-order valence-corrected chi connectivity index (χ4v) is 2.86. The van der Waals surface area contributed by atoms with E-state index in [1.807, 2.05) is 6.92 Å². The first-order valence-electron chi connectivity index (χ1n) is 7.83. The average Bonchev–Trinajstić information content (AvgIpc) is 3.35. The maximum Gasteiger partial charge on any atom is 0.269 e. The molecule has 0 saturated heterocycles. The molecule has 0 aliphatic heterocycles. The Balaban J connectivity index is 1.62. The van der Waals surface area contributed by atoms with Crippen molar-refractivity contribution in [2.45, 2.75) is 36.3 Å². The Morgan fingerprint density at radius 2 is 2.13 bits per heavy atom. The first-order chi connectivity index (χ1) is 11.1. The molecule has 1 amide bonds. The molecule has 1 N–H and O–H groups in total. The van der Waals surface area contributed by atoms with Gasteiger partial charge in [-0.3, -0.25) is 14.9 Å². The summed E-state index contributed by atoms with van der Waals surface area (Å²) in [7, 11) is 0. The van der Waals surface area contributed by atoms with Crippen molar-refractivity contribution >= 4 is 23.4 Å². The molecule has 126 valence electrons. The van der Waals surface area contributed by atoms with Crippen LogP contribution < -0.4 is 5.32 Å². The van der Waals surface area contributed by atoms with Gasteiger partial charge in [-0.15, -0.1) is 11.8 Å². The minimum Gasteiger partial charge on any atom is -0.381 e. The maximum absolute atomic E-state index is 12.0. The van der Waals surface area contributed by atoms with E-state index in [1.54, 1.807) is 12.1 Å². The van der Waals surface area contributed by atoms with Crippen LogP contribution in [-0.4, -0.2) is 35.8 Å². The number of nitro benzene ring substituents is 1. The molecular weight excluding hydrogens is 316 g/mol. The van der Waals surface area contributed by atoms with Crippen molar-refractivity contribution in [3.8, 4) is 0 Å². The summed E-state index contributed by atoms with van der Waals surface area (Å²) in [5, 5.41) is 13.2. The number of carbonyl (C=O) groups is 1. The summed E-state index contributed by atoms with van der Waals surface area (Å²) in [6, 6.07) is 6.23. The molecule has 1 unspecified atom stereocenters. The summed E-state index contributed by atoms with van der Waals surface area (Å²) >= 11 is 1.39. The molecule has 23 heavy (non-hydrogen) atoms. The number of hydrogen-bond acceptors (Lipinski definition) is 5. The fourth-order valence-electron chi connectivity index (χ4n) is 1.97. The third-order valence-corrected chi connectivity index (χ3v) is 4.66. The lowest BCUT2D eigenvalue weighted by Crippen LogP contribution is -2.32. The van der Waals surface area contributed by atoms with E-state index in [4.69, 9.17) is 4.74 Å². The van der Waals surface area contributed by atoms with E-state index in [0.29, 0.717) is 13.2 Å². The fraction of sp³-hybridized carbons (Fsp3) is 0.562. The zero-order valence-corrected chi connectivity index (χ0v) is 14.0. The number of nitrogens with one attached hydrogen (secondary N) is 1. The van der Waals surface area contributed by atoms with E-state index >= 15 is 0 Å². The highest BCUT2D eigenvalue weighted by atomic mass is 32.2. The van der Waals surface area contributed by atoms with Gasteiger partial charge in [0.25, 0.3) is 5.69 Å². The molecular formula is C16H22N2O4S. The Morgan fingerprint density at radius 1 is 1.43 bits per heavy atom. The van der Waals surface area contributed by atoms with Gasteiger partial charge in [0.2, 0.25) is 5.91 Å². The van der Waals surface area contributed by atoms with Crippen molar-refractivity contribution in [2.24, 2.45) is 5.92 Å². The molecule has 0 bridgehead atoms. The van der Waals surface area contributed by atoms with Crippen molar-refractivity contribution in [1.82, 2.24) is 5.32 Å². The number of thioether (sulfide) groups is 1. The second-order valence-electron chi connectivity index (χ2n) is 5.67. The van der Waals surface area contributed by atoms with Gasteiger partial charge in [-0.1, -0.05) is 0 Å². The topological polar surface area (TPSA) is 81.5 Å². The third kappa shape index (κ3) is 6.58. The standard InChI is InChI=1S/C16H22N2O4S/c1-12(23-15-7-5-14(6-8-15)18(20)21)16(19)17-9-2-10-22-11-13-3-4-13/h5-8,12-13H,2-4,9-11H2,1H3,(H,17,19). The molecule has 1 saturated carbocycles. The highest BCUT2D eigenvalue weighted by Gasteiger charge is 2.21. The number of non-ortho nitro benzene ring substituents is 1. The van der Waals surface area contributed by atoms with Crippen LogP contribution in [0, 0.1) is 16.0 Å². The molecule has 1 aromatic carbocycles. The Hall–Kier alpha value is -1.60. The van der Waals surface area contributed by atoms with E-state index in [2.05, 4.69) is 5.32 Å². The molecule has 0 spiro atoms. The van der Waals surface area contributed by atoms with Gasteiger partial charge in [0.05, 0.1) is 10.2 Å². The molecule has 1 fully saturated rings. The lowest BCUT2D eigenvalue weighted by Gasteiger charge is -2.12. The van der Waals surface area contributed by atoms with Gasteiger partial charge < -0.3 is 10.1 Å². The number of amides is 1. The van der Waals surface area contributed by atoms with Crippen LogP contribution in [0.2, 0.25) is 0 Å². The number of benzene rings is 1.